The maximum atomic E-state index is 12.1. The maximum absolute atomic E-state index is 12.1. The molecule has 107 valence electrons. The Labute approximate surface area is 124 Å². The van der Waals surface area contributed by atoms with Crippen molar-refractivity contribution in [3.63, 3.8) is 0 Å². The molecule has 0 aliphatic heterocycles. The maximum Gasteiger partial charge on any atom is 0.138 e. The number of hydroxylamine groups is 1. The molecule has 2 aromatic carbocycles. The minimum absolute atomic E-state index is 0.444. The highest BCUT2D eigenvalue weighted by Crippen LogP contribution is 2.26. The van der Waals surface area contributed by atoms with E-state index in [9.17, 15) is 5.21 Å². The fourth-order valence-electron chi connectivity index (χ4n) is 2.23. The molecule has 0 amide bonds. The molecule has 0 unspecified atom stereocenters. The summed E-state index contributed by atoms with van der Waals surface area (Å²) in [7, 11) is 0. The van der Waals surface area contributed by atoms with Crippen LogP contribution in [0.15, 0.2) is 48.5 Å². The van der Waals surface area contributed by atoms with Gasteiger partial charge in [-0.1, -0.05) is 17.3 Å². The molecule has 1 N–H and O–H groups in total. The van der Waals surface area contributed by atoms with E-state index in [-0.39, 0.29) is 0 Å². The van der Waals surface area contributed by atoms with E-state index < -0.39 is 5.54 Å². The molecule has 0 spiro atoms. The quantitative estimate of drug-likeness (QED) is 0.716. The number of anilines is 1. The predicted octanol–water partition coefficient (Wildman–Crippen LogP) is 4.18. The van der Waals surface area contributed by atoms with Crippen LogP contribution in [0.5, 0.6) is 0 Å². The van der Waals surface area contributed by atoms with Gasteiger partial charge in [0.15, 0.2) is 0 Å². The first-order chi connectivity index (χ1) is 9.95. The van der Waals surface area contributed by atoms with Crippen LogP contribution in [0.1, 0.15) is 20.8 Å². The highest BCUT2D eigenvalue weighted by molar-refractivity contribution is 5.79. The van der Waals surface area contributed by atoms with Crippen molar-refractivity contribution in [2.45, 2.75) is 26.3 Å². The number of aromatic amines is 1. The fourth-order valence-corrected chi connectivity index (χ4v) is 2.23. The van der Waals surface area contributed by atoms with Crippen molar-refractivity contribution in [3.8, 4) is 11.4 Å². The highest BCUT2D eigenvalue weighted by Gasteiger charge is 2.21. The SMILES string of the molecule is CC(C)(C)N([O])c1ccc(-c2nc3ccccc3[nH]2)cc1. The molecule has 1 radical (unpaired) electrons. The van der Waals surface area contributed by atoms with Crippen molar-refractivity contribution in [1.29, 1.82) is 0 Å². The van der Waals surface area contributed by atoms with E-state index in [1.54, 1.807) is 0 Å². The minimum atomic E-state index is -0.444. The summed E-state index contributed by atoms with van der Waals surface area (Å²) in [6.45, 7) is 5.69. The Morgan fingerprint density at radius 1 is 1.00 bits per heavy atom. The number of benzene rings is 2. The molecule has 3 rings (SSSR count). The lowest BCUT2D eigenvalue weighted by molar-refractivity contribution is 0.102. The zero-order valence-corrected chi connectivity index (χ0v) is 12.4. The van der Waals surface area contributed by atoms with Crippen molar-refractivity contribution >= 4 is 16.7 Å². The minimum Gasteiger partial charge on any atom is -0.338 e. The smallest absolute Gasteiger partial charge is 0.138 e. The van der Waals surface area contributed by atoms with Crippen LogP contribution in [-0.4, -0.2) is 15.5 Å². The molecule has 1 aromatic heterocycles. The molecule has 0 bridgehead atoms. The van der Waals surface area contributed by atoms with Crippen LogP contribution in [0.2, 0.25) is 0 Å². The van der Waals surface area contributed by atoms with E-state index in [1.807, 2.05) is 69.3 Å². The Bertz CT molecular complexity index is 721. The average molecular weight is 280 g/mol. The van der Waals surface area contributed by atoms with Gasteiger partial charge in [-0.2, -0.15) is 0 Å². The van der Waals surface area contributed by atoms with Crippen molar-refractivity contribution in [1.82, 2.24) is 9.97 Å². The van der Waals surface area contributed by atoms with Crippen molar-refractivity contribution in [2.24, 2.45) is 0 Å². The molecule has 0 fully saturated rings. The second-order valence-corrected chi connectivity index (χ2v) is 6.11. The number of aromatic nitrogens is 2. The van der Waals surface area contributed by atoms with E-state index >= 15 is 0 Å². The Morgan fingerprint density at radius 3 is 2.29 bits per heavy atom. The first kappa shape index (κ1) is 13.6. The van der Waals surface area contributed by atoms with Gasteiger partial charge in [-0.25, -0.2) is 10.0 Å². The summed E-state index contributed by atoms with van der Waals surface area (Å²) in [4.78, 5) is 7.85. The summed E-state index contributed by atoms with van der Waals surface area (Å²) in [5, 5.41) is 13.2. The van der Waals surface area contributed by atoms with Crippen LogP contribution in [0.25, 0.3) is 22.4 Å². The molecule has 3 aromatic rings. The molecule has 21 heavy (non-hydrogen) atoms. The second-order valence-electron chi connectivity index (χ2n) is 6.11. The zero-order valence-electron chi connectivity index (χ0n) is 12.4. The number of H-pyrrole nitrogens is 1. The number of hydrogen-bond donors (Lipinski definition) is 1. The number of para-hydroxylation sites is 2. The van der Waals surface area contributed by atoms with Crippen LogP contribution in [-0.2, 0) is 5.21 Å². The first-order valence-corrected chi connectivity index (χ1v) is 6.98. The zero-order chi connectivity index (χ0) is 15.0. The van der Waals surface area contributed by atoms with Crippen LogP contribution < -0.4 is 5.06 Å². The lowest BCUT2D eigenvalue weighted by Crippen LogP contribution is -2.37. The first-order valence-electron chi connectivity index (χ1n) is 6.98. The third kappa shape index (κ3) is 2.62. The molecule has 1 heterocycles. The molecule has 0 saturated heterocycles. The highest BCUT2D eigenvalue weighted by atomic mass is 16.5. The molecule has 0 saturated carbocycles. The number of nitrogens with zero attached hydrogens (tertiary/aromatic N) is 2. The van der Waals surface area contributed by atoms with Crippen molar-refractivity contribution in [2.75, 3.05) is 5.06 Å². The van der Waals surface area contributed by atoms with Gasteiger partial charge in [-0.3, -0.25) is 0 Å². The summed E-state index contributed by atoms with van der Waals surface area (Å²) in [6.07, 6.45) is 0. The van der Waals surface area contributed by atoms with Gasteiger partial charge in [-0.15, -0.1) is 0 Å². The average Bonchev–Trinajstić information content (AvgIpc) is 2.89. The molecule has 0 atom stereocenters. The fraction of sp³-hybridized carbons (Fsp3) is 0.235. The number of nitrogens with one attached hydrogen (secondary N) is 1. The number of imidazole rings is 1. The number of hydrogen-bond acceptors (Lipinski definition) is 2. The summed E-state index contributed by atoms with van der Waals surface area (Å²) < 4.78 is 0. The molecule has 0 aliphatic rings. The molecule has 4 nitrogen and oxygen atoms in total. The standard InChI is InChI=1S/C17H18N3O/c1-17(2,3)20(21)13-10-8-12(9-11-13)16-18-14-6-4-5-7-15(14)19-16/h4-11H,1-3H3,(H,18,19). The van der Waals surface area contributed by atoms with Gasteiger partial charge in [0.25, 0.3) is 0 Å². The van der Waals surface area contributed by atoms with Gasteiger partial charge in [0.05, 0.1) is 22.3 Å². The summed E-state index contributed by atoms with van der Waals surface area (Å²) in [6, 6.07) is 15.4. The Kier molecular flexibility index (Phi) is 3.18. The van der Waals surface area contributed by atoms with Gasteiger partial charge >= 0.3 is 0 Å². The second kappa shape index (κ2) is 4.90. The topological polar surface area (TPSA) is 51.8 Å². The van der Waals surface area contributed by atoms with Crippen LogP contribution in [0, 0.1) is 0 Å². The van der Waals surface area contributed by atoms with E-state index in [4.69, 9.17) is 0 Å². The lowest BCUT2D eigenvalue weighted by Gasteiger charge is -2.28. The van der Waals surface area contributed by atoms with Gasteiger partial charge in [-0.05, 0) is 57.2 Å². The van der Waals surface area contributed by atoms with Gasteiger partial charge in [0, 0.05) is 5.56 Å². The third-order valence-electron chi connectivity index (χ3n) is 3.37. The van der Waals surface area contributed by atoms with Crippen LogP contribution in [0.4, 0.5) is 5.69 Å². The third-order valence-corrected chi connectivity index (χ3v) is 3.37. The van der Waals surface area contributed by atoms with Gasteiger partial charge in [0.1, 0.15) is 5.82 Å². The van der Waals surface area contributed by atoms with Gasteiger partial charge < -0.3 is 4.98 Å². The van der Waals surface area contributed by atoms with Crippen LogP contribution >= 0.6 is 0 Å². The molecule has 0 aliphatic carbocycles. The Morgan fingerprint density at radius 2 is 1.67 bits per heavy atom. The normalized spacial score (nSPS) is 11.8. The van der Waals surface area contributed by atoms with E-state index in [0.29, 0.717) is 5.69 Å². The predicted molar refractivity (Wildman–Crippen MR) is 84.4 cm³/mol. The molecule has 4 heteroatoms. The summed E-state index contributed by atoms with van der Waals surface area (Å²) >= 11 is 0. The van der Waals surface area contributed by atoms with E-state index in [0.717, 1.165) is 27.5 Å². The summed E-state index contributed by atoms with van der Waals surface area (Å²) in [5.41, 5.74) is 3.13. The van der Waals surface area contributed by atoms with Crippen LogP contribution in [0.3, 0.4) is 0 Å². The van der Waals surface area contributed by atoms with Gasteiger partial charge in [0.2, 0.25) is 0 Å². The molecular weight excluding hydrogens is 262 g/mol. The Balaban J connectivity index is 1.93. The van der Waals surface area contributed by atoms with E-state index in [2.05, 4.69) is 9.97 Å². The number of fused-ring (bicyclic) bond motifs is 1. The lowest BCUT2D eigenvalue weighted by atomic mass is 10.1. The largest absolute Gasteiger partial charge is 0.338 e. The Hall–Kier alpha value is -2.33. The van der Waals surface area contributed by atoms with E-state index in [1.165, 1.54) is 0 Å². The molecular formula is C17H18N3O. The number of rotatable bonds is 2. The monoisotopic (exact) mass is 280 g/mol. The van der Waals surface area contributed by atoms with Crippen molar-refractivity contribution < 1.29 is 5.21 Å². The van der Waals surface area contributed by atoms with Crippen molar-refractivity contribution in [3.05, 3.63) is 48.5 Å². The summed E-state index contributed by atoms with van der Waals surface area (Å²) in [5.74, 6) is 0.816.